The lowest BCUT2D eigenvalue weighted by Crippen LogP contribution is -1.88. The first kappa shape index (κ1) is 7.75. The van der Waals surface area contributed by atoms with E-state index in [4.69, 9.17) is 4.78 Å². The molecule has 1 N–H and O–H groups in total. The van der Waals surface area contributed by atoms with E-state index < -0.39 is 10.7 Å². The van der Waals surface area contributed by atoms with Crippen molar-refractivity contribution in [2.45, 2.75) is 4.90 Å². The summed E-state index contributed by atoms with van der Waals surface area (Å²) in [5.74, 6) is 0. The minimum absolute atomic E-state index is 0.644. The summed E-state index contributed by atoms with van der Waals surface area (Å²) in [4.78, 5) is 13.2. The van der Waals surface area contributed by atoms with Gasteiger partial charge in [-0.25, -0.2) is 15.0 Å². The highest BCUT2D eigenvalue weighted by Gasteiger charge is 2.14. The van der Waals surface area contributed by atoms with E-state index in [2.05, 4.69) is 15.0 Å². The lowest BCUT2D eigenvalue weighted by molar-refractivity contribution is 1.21. The molecule has 1 aliphatic heterocycles. The second kappa shape index (κ2) is 2.68. The number of hydrogen-bond acceptors (Lipinski definition) is 4. The Bertz CT molecular complexity index is 576. The number of aliphatic imine (C=N–C) groups is 1. The average molecular weight is 202 g/mol. The van der Waals surface area contributed by atoms with Gasteiger partial charge in [0, 0.05) is 11.6 Å². The zero-order chi connectivity index (χ0) is 9.54. The maximum Gasteiger partial charge on any atom is 0.116 e. The van der Waals surface area contributed by atoms with Crippen LogP contribution in [0.5, 0.6) is 0 Å². The van der Waals surface area contributed by atoms with E-state index in [1.807, 2.05) is 12.1 Å². The fourth-order valence-electron chi connectivity index (χ4n) is 1.51. The molecule has 0 fully saturated rings. The Morgan fingerprint density at radius 2 is 2.21 bits per heavy atom. The Hall–Kier alpha value is -1.62. The second-order valence-electron chi connectivity index (χ2n) is 2.94. The Labute approximate surface area is 82.6 Å². The number of nitrogens with zero attached hydrogens (tertiary/aromatic N) is 3. The van der Waals surface area contributed by atoms with Crippen molar-refractivity contribution < 1.29 is 0 Å². The van der Waals surface area contributed by atoms with E-state index in [0.29, 0.717) is 0 Å². The van der Waals surface area contributed by atoms with Gasteiger partial charge in [0.1, 0.15) is 6.33 Å². The summed E-state index contributed by atoms with van der Waals surface area (Å²) < 4.78 is 7.82. The number of hydrogen-bond donors (Lipinski definition) is 1. The van der Waals surface area contributed by atoms with Gasteiger partial charge in [-0.15, -0.1) is 0 Å². The molecule has 68 valence electrons. The van der Waals surface area contributed by atoms with E-state index >= 15 is 0 Å². The summed E-state index contributed by atoms with van der Waals surface area (Å²) in [6.45, 7) is 0. The highest BCUT2D eigenvalue weighted by molar-refractivity contribution is 8.00. The van der Waals surface area contributed by atoms with Crippen LogP contribution in [0, 0.1) is 4.78 Å². The molecule has 14 heavy (non-hydrogen) atoms. The molecule has 5 heteroatoms. The first-order chi connectivity index (χ1) is 6.86. The predicted octanol–water partition coefficient (Wildman–Crippen LogP) is 2.04. The van der Waals surface area contributed by atoms with Crippen molar-refractivity contribution in [2.24, 2.45) is 4.99 Å². The van der Waals surface area contributed by atoms with E-state index in [1.165, 1.54) is 6.33 Å². The fraction of sp³-hybridized carbons (Fsp3) is 0. The molecule has 1 aromatic heterocycles. The molecule has 0 saturated heterocycles. The highest BCUT2D eigenvalue weighted by atomic mass is 32.2. The third-order valence-corrected chi connectivity index (χ3v) is 3.32. The average Bonchev–Trinajstić information content (AvgIpc) is 2.61. The molecule has 1 aliphatic rings. The van der Waals surface area contributed by atoms with Crippen LogP contribution in [-0.4, -0.2) is 15.5 Å². The van der Waals surface area contributed by atoms with Gasteiger partial charge in [0.2, 0.25) is 0 Å². The Morgan fingerprint density at radius 1 is 1.29 bits per heavy atom. The van der Waals surface area contributed by atoms with Gasteiger partial charge in [0.25, 0.3) is 0 Å². The molecule has 4 nitrogen and oxygen atoms in total. The van der Waals surface area contributed by atoms with E-state index in [-0.39, 0.29) is 0 Å². The molecule has 2 heterocycles. The van der Waals surface area contributed by atoms with Gasteiger partial charge in [-0.05, 0) is 22.8 Å². The lowest BCUT2D eigenvalue weighted by Gasteiger charge is -2.02. The van der Waals surface area contributed by atoms with Crippen LogP contribution in [0.3, 0.4) is 0 Å². The van der Waals surface area contributed by atoms with Crippen molar-refractivity contribution in [3.8, 4) is 0 Å². The van der Waals surface area contributed by atoms with E-state index in [0.717, 1.165) is 21.5 Å². The summed E-state index contributed by atoms with van der Waals surface area (Å²) in [7, 11) is -0.644. The van der Waals surface area contributed by atoms with Crippen molar-refractivity contribution in [3.63, 3.8) is 0 Å². The fourth-order valence-corrected chi connectivity index (χ4v) is 2.58. The molecule has 0 spiro atoms. The van der Waals surface area contributed by atoms with Crippen LogP contribution in [0.15, 0.2) is 34.5 Å². The quantitative estimate of drug-likeness (QED) is 0.710. The maximum atomic E-state index is 7.82. The number of fused-ring (bicyclic) bond motifs is 3. The van der Waals surface area contributed by atoms with Gasteiger partial charge in [0.15, 0.2) is 0 Å². The largest absolute Gasteiger partial charge is 0.270 e. The van der Waals surface area contributed by atoms with Gasteiger partial charge in [-0.3, -0.25) is 4.78 Å². The number of rotatable bonds is 0. The third kappa shape index (κ3) is 0.927. The normalized spacial score (nSPS) is 18.7. The van der Waals surface area contributed by atoms with Gasteiger partial charge in [-0.1, -0.05) is 0 Å². The van der Waals surface area contributed by atoms with Gasteiger partial charge in [-0.2, -0.15) is 0 Å². The van der Waals surface area contributed by atoms with Crippen LogP contribution in [0.1, 0.15) is 0 Å². The van der Waals surface area contributed by atoms with Gasteiger partial charge in [0.05, 0.1) is 21.6 Å². The summed E-state index contributed by atoms with van der Waals surface area (Å²) >= 11 is 0. The first-order valence-corrected chi connectivity index (χ1v) is 5.36. The van der Waals surface area contributed by atoms with E-state index in [1.54, 1.807) is 11.7 Å². The zero-order valence-electron chi connectivity index (χ0n) is 7.14. The molecule has 1 unspecified atom stereocenters. The Morgan fingerprint density at radius 3 is 3.14 bits per heavy atom. The summed E-state index contributed by atoms with van der Waals surface area (Å²) in [6, 6.07) is 3.82. The number of aromatic nitrogens is 2. The van der Waals surface area contributed by atoms with Crippen LogP contribution in [0.25, 0.3) is 10.9 Å². The molecule has 0 aliphatic carbocycles. The van der Waals surface area contributed by atoms with Crippen LogP contribution >= 0.6 is 0 Å². The lowest BCUT2D eigenvalue weighted by atomic mass is 10.2. The molecule has 0 saturated carbocycles. The third-order valence-electron chi connectivity index (χ3n) is 2.14. The molecule has 0 amide bonds. The van der Waals surface area contributed by atoms with Gasteiger partial charge < -0.3 is 0 Å². The summed E-state index contributed by atoms with van der Waals surface area (Å²) in [5.41, 5.74) is 3.43. The molecule has 1 aromatic carbocycles. The Balaban J connectivity index is 2.50. The van der Waals surface area contributed by atoms with Crippen molar-refractivity contribution in [1.82, 2.24) is 9.97 Å². The standard InChI is InChI=1S/C9H6N4S/c10-14-5-13-8-2-1-7-6(9(8)14)3-11-4-12-7/h1-5,10H. The molecule has 3 rings (SSSR count). The zero-order valence-corrected chi connectivity index (χ0v) is 7.95. The highest BCUT2D eigenvalue weighted by Crippen LogP contribution is 2.33. The topological polar surface area (TPSA) is 62.0 Å². The minimum atomic E-state index is -0.644. The van der Waals surface area contributed by atoms with Crippen LogP contribution in [0.4, 0.5) is 5.69 Å². The summed E-state index contributed by atoms with van der Waals surface area (Å²) in [5, 5.41) is 0.945. The van der Waals surface area contributed by atoms with Crippen LogP contribution < -0.4 is 0 Å². The number of nitrogens with one attached hydrogen (secondary N) is 1. The molecular formula is C9H6N4S. The molecule has 2 aromatic rings. The van der Waals surface area contributed by atoms with Crippen molar-refractivity contribution in [3.05, 3.63) is 24.7 Å². The molecule has 1 atom stereocenters. The molecule has 0 bridgehead atoms. The minimum Gasteiger partial charge on any atom is -0.270 e. The smallest absolute Gasteiger partial charge is 0.116 e. The predicted molar refractivity (Wildman–Crippen MR) is 56.0 cm³/mol. The molecular weight excluding hydrogens is 196 g/mol. The number of benzene rings is 1. The van der Waals surface area contributed by atoms with Crippen LogP contribution in [0.2, 0.25) is 0 Å². The Kier molecular flexibility index (Phi) is 1.49. The second-order valence-corrected chi connectivity index (χ2v) is 4.24. The van der Waals surface area contributed by atoms with Crippen molar-refractivity contribution in [1.29, 1.82) is 4.78 Å². The van der Waals surface area contributed by atoms with Crippen LogP contribution in [-0.2, 0) is 10.7 Å². The maximum absolute atomic E-state index is 7.82. The SMILES string of the molecule is N=S1C=Nc2ccc3ncncc3c21. The van der Waals surface area contributed by atoms with Gasteiger partial charge >= 0.3 is 0 Å². The molecule has 0 radical (unpaired) electrons. The van der Waals surface area contributed by atoms with Crippen molar-refractivity contribution in [2.75, 3.05) is 0 Å². The monoisotopic (exact) mass is 202 g/mol. The summed E-state index contributed by atoms with van der Waals surface area (Å²) in [6.07, 6.45) is 3.27. The van der Waals surface area contributed by atoms with E-state index in [9.17, 15) is 0 Å². The van der Waals surface area contributed by atoms with Crippen molar-refractivity contribution >= 4 is 32.8 Å². The first-order valence-electron chi connectivity index (χ1n) is 4.07.